The van der Waals surface area contributed by atoms with Crippen LogP contribution in [0.4, 0.5) is 5.13 Å². The highest BCUT2D eigenvalue weighted by Gasteiger charge is 2.20. The summed E-state index contributed by atoms with van der Waals surface area (Å²) in [7, 11) is -3.79. The van der Waals surface area contributed by atoms with Crippen molar-refractivity contribution in [3.8, 4) is 5.75 Å². The van der Waals surface area contributed by atoms with E-state index in [0.29, 0.717) is 18.6 Å². The van der Waals surface area contributed by atoms with Gasteiger partial charge in [0.2, 0.25) is 9.47 Å². The van der Waals surface area contributed by atoms with Crippen LogP contribution in [0.5, 0.6) is 5.75 Å². The predicted molar refractivity (Wildman–Crippen MR) is 120 cm³/mol. The highest BCUT2D eigenvalue weighted by molar-refractivity contribution is 7.91. The molecule has 0 aliphatic carbocycles. The van der Waals surface area contributed by atoms with Crippen LogP contribution in [0.1, 0.15) is 34.8 Å². The molecule has 31 heavy (non-hydrogen) atoms. The monoisotopic (exact) mass is 460 g/mol. The molecule has 0 unspecified atom stereocenters. The molecule has 164 valence electrons. The Morgan fingerprint density at radius 2 is 1.77 bits per heavy atom. The molecule has 0 radical (unpaired) electrons. The summed E-state index contributed by atoms with van der Waals surface area (Å²) < 4.78 is 32.6. The Morgan fingerprint density at radius 1 is 1.06 bits per heavy atom. The summed E-state index contributed by atoms with van der Waals surface area (Å²) in [6.45, 7) is 4.73. The third-order valence-corrected chi connectivity index (χ3v) is 7.01. The zero-order chi connectivity index (χ0) is 22.3. The van der Waals surface area contributed by atoms with Crippen LogP contribution < -0.4 is 14.8 Å². The van der Waals surface area contributed by atoms with Crippen LogP contribution in [-0.4, -0.2) is 37.7 Å². The van der Waals surface area contributed by atoms with E-state index in [9.17, 15) is 13.2 Å². The Hall–Kier alpha value is -2.82. The first-order valence-corrected chi connectivity index (χ1v) is 12.1. The van der Waals surface area contributed by atoms with Gasteiger partial charge in [0.1, 0.15) is 5.75 Å². The van der Waals surface area contributed by atoms with E-state index in [0.717, 1.165) is 34.6 Å². The van der Waals surface area contributed by atoms with E-state index in [1.807, 2.05) is 50.2 Å². The molecule has 0 bridgehead atoms. The Kier molecular flexibility index (Phi) is 7.72. The average Bonchev–Trinajstić information content (AvgIpc) is 3.22. The van der Waals surface area contributed by atoms with Crippen LogP contribution >= 0.6 is 11.3 Å². The molecule has 0 atom stereocenters. The molecular weight excluding hydrogens is 436 g/mol. The van der Waals surface area contributed by atoms with E-state index < -0.39 is 10.0 Å². The van der Waals surface area contributed by atoms with Gasteiger partial charge in [0.05, 0.1) is 6.61 Å². The van der Waals surface area contributed by atoms with Crippen molar-refractivity contribution in [3.05, 3.63) is 65.2 Å². The fourth-order valence-corrected chi connectivity index (χ4v) is 4.73. The number of carbonyl (C=O) groups is 1. The van der Waals surface area contributed by atoms with Crippen molar-refractivity contribution < 1.29 is 17.9 Å². The summed E-state index contributed by atoms with van der Waals surface area (Å²) in [5.74, 6) is 0.442. The topological polar surface area (TPSA) is 110 Å². The minimum atomic E-state index is -3.79. The lowest BCUT2D eigenvalue weighted by atomic mass is 10.1. The number of benzene rings is 2. The van der Waals surface area contributed by atoms with Gasteiger partial charge in [0.15, 0.2) is 0 Å². The van der Waals surface area contributed by atoms with E-state index >= 15 is 0 Å². The summed E-state index contributed by atoms with van der Waals surface area (Å²) in [5, 5.41) is 10.2. The molecule has 1 aromatic heterocycles. The molecule has 0 spiro atoms. The van der Waals surface area contributed by atoms with Crippen molar-refractivity contribution in [1.82, 2.24) is 14.9 Å². The van der Waals surface area contributed by atoms with Gasteiger partial charge < -0.3 is 4.74 Å². The van der Waals surface area contributed by atoms with Crippen molar-refractivity contribution >= 4 is 32.4 Å². The molecule has 1 amide bonds. The minimum Gasteiger partial charge on any atom is -0.494 e. The molecule has 1 heterocycles. The second-order valence-corrected chi connectivity index (χ2v) is 9.69. The number of nitrogens with zero attached hydrogens (tertiary/aromatic N) is 2. The second-order valence-electron chi connectivity index (χ2n) is 6.77. The molecule has 3 aromatic rings. The zero-order valence-electron chi connectivity index (χ0n) is 17.3. The molecule has 3 rings (SSSR count). The fourth-order valence-electron chi connectivity index (χ4n) is 2.72. The van der Waals surface area contributed by atoms with E-state index in [1.54, 1.807) is 12.1 Å². The summed E-state index contributed by atoms with van der Waals surface area (Å²) in [6.07, 6.45) is 1.35. The maximum absolute atomic E-state index is 12.4. The average molecular weight is 461 g/mol. The van der Waals surface area contributed by atoms with Crippen molar-refractivity contribution in [2.75, 3.05) is 18.5 Å². The standard InChI is InChI=1S/C21H24N4O4S2/c1-3-29-18-12-8-16(9-13-18)5-4-14-22-31(27,28)21-25-24-20(30-21)23-19(26)17-10-6-15(2)7-11-17/h6-13,22H,3-5,14H2,1-2H3,(H,23,24,26). The van der Waals surface area contributed by atoms with E-state index in [2.05, 4.69) is 20.2 Å². The van der Waals surface area contributed by atoms with Crippen molar-refractivity contribution in [2.24, 2.45) is 0 Å². The Labute approximate surface area is 185 Å². The van der Waals surface area contributed by atoms with Gasteiger partial charge in [-0.25, -0.2) is 13.1 Å². The lowest BCUT2D eigenvalue weighted by Gasteiger charge is -2.06. The number of aromatic nitrogens is 2. The third kappa shape index (κ3) is 6.58. The maximum atomic E-state index is 12.4. The molecule has 0 aliphatic rings. The van der Waals surface area contributed by atoms with Crippen LogP contribution in [0.3, 0.4) is 0 Å². The second kappa shape index (κ2) is 10.5. The number of sulfonamides is 1. The summed E-state index contributed by atoms with van der Waals surface area (Å²) in [5.41, 5.74) is 2.59. The lowest BCUT2D eigenvalue weighted by molar-refractivity contribution is 0.102. The molecule has 10 heteroatoms. The molecular formula is C21H24N4O4S2. The van der Waals surface area contributed by atoms with Crippen LogP contribution in [0.25, 0.3) is 0 Å². The van der Waals surface area contributed by atoms with E-state index in [1.165, 1.54) is 0 Å². The summed E-state index contributed by atoms with van der Waals surface area (Å²) in [4.78, 5) is 12.2. The number of hydrogen-bond donors (Lipinski definition) is 2. The van der Waals surface area contributed by atoms with Gasteiger partial charge in [-0.2, -0.15) is 0 Å². The fraction of sp³-hybridized carbons (Fsp3) is 0.286. The normalized spacial score (nSPS) is 11.3. The van der Waals surface area contributed by atoms with Gasteiger partial charge in [-0.1, -0.05) is 41.2 Å². The zero-order valence-corrected chi connectivity index (χ0v) is 18.9. The number of carbonyl (C=O) groups excluding carboxylic acids is 1. The van der Waals surface area contributed by atoms with E-state index in [-0.39, 0.29) is 21.9 Å². The molecule has 0 saturated heterocycles. The molecule has 8 nitrogen and oxygen atoms in total. The van der Waals surface area contributed by atoms with Crippen molar-refractivity contribution in [3.63, 3.8) is 0 Å². The van der Waals surface area contributed by atoms with Gasteiger partial charge in [0.25, 0.3) is 15.9 Å². The SMILES string of the molecule is CCOc1ccc(CCCNS(=O)(=O)c2nnc(NC(=O)c3ccc(C)cc3)s2)cc1. The van der Waals surface area contributed by atoms with Gasteiger partial charge in [0, 0.05) is 12.1 Å². The Morgan fingerprint density at radius 3 is 2.45 bits per heavy atom. The van der Waals surface area contributed by atoms with Crippen LogP contribution in [0, 0.1) is 6.92 Å². The largest absolute Gasteiger partial charge is 0.494 e. The highest BCUT2D eigenvalue weighted by atomic mass is 32.2. The number of nitrogens with one attached hydrogen (secondary N) is 2. The highest BCUT2D eigenvalue weighted by Crippen LogP contribution is 2.20. The summed E-state index contributed by atoms with van der Waals surface area (Å²) in [6, 6.07) is 14.8. The number of amides is 1. The quantitative estimate of drug-likeness (QED) is 0.354. The first kappa shape index (κ1) is 22.9. The van der Waals surface area contributed by atoms with Gasteiger partial charge in [-0.05, 0) is 56.5 Å². The van der Waals surface area contributed by atoms with Gasteiger partial charge in [-0.15, -0.1) is 10.2 Å². The lowest BCUT2D eigenvalue weighted by Crippen LogP contribution is -2.25. The first-order valence-electron chi connectivity index (χ1n) is 9.80. The maximum Gasteiger partial charge on any atom is 0.269 e. The third-order valence-electron chi connectivity index (χ3n) is 4.34. The first-order chi connectivity index (χ1) is 14.9. The van der Waals surface area contributed by atoms with Crippen molar-refractivity contribution in [2.45, 2.75) is 31.0 Å². The van der Waals surface area contributed by atoms with Crippen LogP contribution in [0.15, 0.2) is 52.9 Å². The number of aryl methyl sites for hydroxylation is 2. The molecule has 2 aromatic carbocycles. The molecule has 2 N–H and O–H groups in total. The van der Waals surface area contributed by atoms with Crippen molar-refractivity contribution in [1.29, 1.82) is 0 Å². The number of anilines is 1. The van der Waals surface area contributed by atoms with Gasteiger partial charge >= 0.3 is 0 Å². The number of ether oxygens (including phenoxy) is 1. The number of rotatable bonds is 10. The molecule has 0 saturated carbocycles. The molecule has 0 aliphatic heterocycles. The molecule has 0 fully saturated rings. The smallest absolute Gasteiger partial charge is 0.269 e. The van der Waals surface area contributed by atoms with Crippen LogP contribution in [0.2, 0.25) is 0 Å². The van der Waals surface area contributed by atoms with E-state index in [4.69, 9.17) is 4.74 Å². The Balaban J connectivity index is 1.49. The Bertz CT molecular complexity index is 1110. The number of hydrogen-bond acceptors (Lipinski definition) is 7. The summed E-state index contributed by atoms with van der Waals surface area (Å²) >= 11 is 0.808. The van der Waals surface area contributed by atoms with Gasteiger partial charge in [-0.3, -0.25) is 10.1 Å². The van der Waals surface area contributed by atoms with Crippen LogP contribution in [-0.2, 0) is 16.4 Å². The minimum absolute atomic E-state index is 0.125. The predicted octanol–water partition coefficient (Wildman–Crippen LogP) is 3.41.